The van der Waals surface area contributed by atoms with Crippen molar-refractivity contribution in [1.82, 2.24) is 21.3 Å². The lowest BCUT2D eigenvalue weighted by molar-refractivity contribution is -0.131. The van der Waals surface area contributed by atoms with Gasteiger partial charge in [-0.1, -0.05) is 42.5 Å². The second-order valence-electron chi connectivity index (χ2n) is 8.25. The normalized spacial score (nSPS) is 13.1. The molecule has 0 fully saturated rings. The second kappa shape index (κ2) is 14.7. The Morgan fingerprint density at radius 2 is 1.50 bits per heavy atom. The standard InChI is InChI=1S/C25H33N5O5S/c1-16(29-24(34)20(26)13-18-7-9-19(31)10-8-18)23(33)28-15-22(32)30-21(25(35)27-11-12-36)14-17-5-3-2-4-6-17/h2-10,16,20-21,31,36H,11-15,26H2,1H3,(H,27,35)(H,28,33)(H,29,34)(H,30,32)/t16-,20+,21+/m1/s1. The quantitative estimate of drug-likeness (QED) is 0.181. The number of hydrogen-bond acceptors (Lipinski definition) is 7. The number of phenolic OH excluding ortho intramolecular Hbond substituents is 1. The zero-order chi connectivity index (χ0) is 26.5. The van der Waals surface area contributed by atoms with E-state index in [4.69, 9.17) is 5.73 Å². The first-order chi connectivity index (χ1) is 17.2. The first-order valence-corrected chi connectivity index (χ1v) is 12.2. The van der Waals surface area contributed by atoms with Crippen LogP contribution in [-0.4, -0.2) is 65.7 Å². The Morgan fingerprint density at radius 1 is 0.861 bits per heavy atom. The Bertz CT molecular complexity index is 1020. The highest BCUT2D eigenvalue weighted by molar-refractivity contribution is 7.80. The smallest absolute Gasteiger partial charge is 0.242 e. The third kappa shape index (κ3) is 9.96. The van der Waals surface area contributed by atoms with Gasteiger partial charge in [-0.2, -0.15) is 12.6 Å². The molecule has 0 spiro atoms. The summed E-state index contributed by atoms with van der Waals surface area (Å²) >= 11 is 4.08. The molecular formula is C25H33N5O5S. The van der Waals surface area contributed by atoms with Gasteiger partial charge < -0.3 is 32.1 Å². The van der Waals surface area contributed by atoms with Crippen LogP contribution in [0.2, 0.25) is 0 Å². The third-order valence-electron chi connectivity index (χ3n) is 5.25. The molecule has 0 aliphatic rings. The summed E-state index contributed by atoms with van der Waals surface area (Å²) in [5.74, 6) is -1.44. The van der Waals surface area contributed by atoms with E-state index in [0.29, 0.717) is 12.3 Å². The fourth-order valence-electron chi connectivity index (χ4n) is 3.29. The minimum Gasteiger partial charge on any atom is -0.508 e. The number of nitrogens with one attached hydrogen (secondary N) is 4. The zero-order valence-electron chi connectivity index (χ0n) is 20.1. The van der Waals surface area contributed by atoms with Gasteiger partial charge in [-0.05, 0) is 36.6 Å². The summed E-state index contributed by atoms with van der Waals surface area (Å²) in [6.45, 7) is 1.46. The summed E-state index contributed by atoms with van der Waals surface area (Å²) in [7, 11) is 0. The number of carbonyl (C=O) groups is 4. The van der Waals surface area contributed by atoms with Crippen molar-refractivity contribution in [2.75, 3.05) is 18.8 Å². The second-order valence-corrected chi connectivity index (χ2v) is 8.70. The lowest BCUT2D eigenvalue weighted by Crippen LogP contribution is -2.53. The van der Waals surface area contributed by atoms with Gasteiger partial charge in [0.25, 0.3) is 0 Å². The Hall–Kier alpha value is -3.57. The van der Waals surface area contributed by atoms with E-state index in [0.717, 1.165) is 11.1 Å². The fraction of sp³-hybridized carbons (Fsp3) is 0.360. The van der Waals surface area contributed by atoms with Crippen LogP contribution in [0.1, 0.15) is 18.1 Å². The molecule has 0 saturated heterocycles. The van der Waals surface area contributed by atoms with E-state index in [1.807, 2.05) is 30.3 Å². The lowest BCUT2D eigenvalue weighted by atomic mass is 10.1. The maximum Gasteiger partial charge on any atom is 0.242 e. The number of phenols is 1. The van der Waals surface area contributed by atoms with Crippen LogP contribution in [0.5, 0.6) is 5.75 Å². The predicted molar refractivity (Wildman–Crippen MR) is 139 cm³/mol. The third-order valence-corrected chi connectivity index (χ3v) is 5.47. The van der Waals surface area contributed by atoms with E-state index < -0.39 is 35.8 Å². The molecule has 0 radical (unpaired) electrons. The van der Waals surface area contributed by atoms with Crippen molar-refractivity contribution in [2.45, 2.75) is 37.9 Å². The van der Waals surface area contributed by atoms with Crippen molar-refractivity contribution in [3.05, 3.63) is 65.7 Å². The summed E-state index contributed by atoms with van der Waals surface area (Å²) in [6.07, 6.45) is 0.505. The van der Waals surface area contributed by atoms with Crippen LogP contribution in [0.25, 0.3) is 0 Å². The summed E-state index contributed by atoms with van der Waals surface area (Å²) in [4.78, 5) is 49.7. The molecule has 0 heterocycles. The van der Waals surface area contributed by atoms with Crippen LogP contribution in [-0.2, 0) is 32.0 Å². The van der Waals surface area contributed by atoms with E-state index in [9.17, 15) is 24.3 Å². The average molecular weight is 516 g/mol. The van der Waals surface area contributed by atoms with Crippen LogP contribution in [0.3, 0.4) is 0 Å². The lowest BCUT2D eigenvalue weighted by Gasteiger charge is -2.20. The maximum absolute atomic E-state index is 12.5. The van der Waals surface area contributed by atoms with Crippen LogP contribution < -0.4 is 27.0 Å². The summed E-state index contributed by atoms with van der Waals surface area (Å²) in [5.41, 5.74) is 7.55. The number of carbonyl (C=O) groups excluding carboxylic acids is 4. The van der Waals surface area contributed by atoms with Gasteiger partial charge in [0.1, 0.15) is 17.8 Å². The molecule has 2 aromatic rings. The summed E-state index contributed by atoms with van der Waals surface area (Å²) in [5, 5.41) is 19.7. The SMILES string of the molecule is C[C@@H](NC(=O)[C@@H](N)Cc1ccc(O)cc1)C(=O)NCC(=O)N[C@@H](Cc1ccccc1)C(=O)NCCS. The van der Waals surface area contributed by atoms with Crippen molar-refractivity contribution in [2.24, 2.45) is 5.73 Å². The molecule has 0 aromatic heterocycles. The van der Waals surface area contributed by atoms with Crippen LogP contribution in [0, 0.1) is 0 Å². The van der Waals surface area contributed by atoms with Crippen LogP contribution >= 0.6 is 12.6 Å². The molecule has 36 heavy (non-hydrogen) atoms. The molecular weight excluding hydrogens is 482 g/mol. The van der Waals surface area contributed by atoms with E-state index in [1.165, 1.54) is 19.1 Å². The minimum atomic E-state index is -0.935. The van der Waals surface area contributed by atoms with E-state index >= 15 is 0 Å². The van der Waals surface area contributed by atoms with Crippen molar-refractivity contribution >= 4 is 36.3 Å². The Balaban J connectivity index is 1.83. The number of hydrogen-bond donors (Lipinski definition) is 7. The Morgan fingerprint density at radius 3 is 2.14 bits per heavy atom. The molecule has 0 aliphatic carbocycles. The molecule has 4 amide bonds. The number of rotatable bonds is 13. The molecule has 0 unspecified atom stereocenters. The molecule has 3 atom stereocenters. The molecule has 7 N–H and O–H groups in total. The van der Waals surface area contributed by atoms with Crippen molar-refractivity contribution in [1.29, 1.82) is 0 Å². The Kier molecular flexibility index (Phi) is 11.7. The number of amides is 4. The number of aromatic hydroxyl groups is 1. The van der Waals surface area contributed by atoms with Gasteiger partial charge in [-0.15, -0.1) is 0 Å². The van der Waals surface area contributed by atoms with E-state index in [2.05, 4.69) is 33.9 Å². The van der Waals surface area contributed by atoms with Gasteiger partial charge in [-0.3, -0.25) is 19.2 Å². The van der Waals surface area contributed by atoms with E-state index in [1.54, 1.807) is 12.1 Å². The van der Waals surface area contributed by atoms with Gasteiger partial charge in [0.05, 0.1) is 12.6 Å². The van der Waals surface area contributed by atoms with Crippen molar-refractivity contribution < 1.29 is 24.3 Å². The number of benzene rings is 2. The average Bonchev–Trinajstić information content (AvgIpc) is 2.87. The van der Waals surface area contributed by atoms with Gasteiger partial charge in [0, 0.05) is 18.7 Å². The molecule has 194 valence electrons. The molecule has 0 bridgehead atoms. The van der Waals surface area contributed by atoms with Crippen molar-refractivity contribution in [3.63, 3.8) is 0 Å². The van der Waals surface area contributed by atoms with E-state index in [-0.39, 0.29) is 31.0 Å². The largest absolute Gasteiger partial charge is 0.508 e. The van der Waals surface area contributed by atoms with Crippen LogP contribution in [0.4, 0.5) is 0 Å². The molecule has 2 aromatic carbocycles. The highest BCUT2D eigenvalue weighted by atomic mass is 32.1. The predicted octanol–water partition coefficient (Wildman–Crippen LogP) is -0.344. The summed E-state index contributed by atoms with van der Waals surface area (Å²) < 4.78 is 0. The Labute approximate surface area is 215 Å². The molecule has 10 nitrogen and oxygen atoms in total. The van der Waals surface area contributed by atoms with Gasteiger partial charge in [0.2, 0.25) is 23.6 Å². The van der Waals surface area contributed by atoms with Gasteiger partial charge >= 0.3 is 0 Å². The number of thiol groups is 1. The molecule has 0 aliphatic heterocycles. The fourth-order valence-corrected chi connectivity index (χ4v) is 3.40. The highest BCUT2D eigenvalue weighted by Gasteiger charge is 2.23. The minimum absolute atomic E-state index is 0.107. The van der Waals surface area contributed by atoms with Crippen molar-refractivity contribution in [3.8, 4) is 5.75 Å². The first-order valence-electron chi connectivity index (χ1n) is 11.5. The van der Waals surface area contributed by atoms with Crippen LogP contribution in [0.15, 0.2) is 54.6 Å². The zero-order valence-corrected chi connectivity index (χ0v) is 21.0. The number of nitrogens with two attached hydrogens (primary N) is 1. The summed E-state index contributed by atoms with van der Waals surface area (Å²) in [6, 6.07) is 12.9. The topological polar surface area (TPSA) is 163 Å². The maximum atomic E-state index is 12.5. The molecule has 0 saturated carbocycles. The van der Waals surface area contributed by atoms with Gasteiger partial charge in [0.15, 0.2) is 0 Å². The van der Waals surface area contributed by atoms with Gasteiger partial charge in [-0.25, -0.2) is 0 Å². The first kappa shape index (κ1) is 28.7. The molecule has 11 heteroatoms. The monoisotopic (exact) mass is 515 g/mol. The molecule has 2 rings (SSSR count). The highest BCUT2D eigenvalue weighted by Crippen LogP contribution is 2.11.